The van der Waals surface area contributed by atoms with E-state index in [2.05, 4.69) is 168 Å². The molecule has 0 saturated carbocycles. The van der Waals surface area contributed by atoms with Crippen LogP contribution in [-0.4, -0.2) is 0 Å². The number of fused-ring (bicyclic) bond motifs is 4. The van der Waals surface area contributed by atoms with Gasteiger partial charge in [-0.05, 0) is 112 Å². The van der Waals surface area contributed by atoms with Crippen LogP contribution in [0.4, 0.5) is 34.1 Å². The van der Waals surface area contributed by atoms with Crippen LogP contribution in [0.15, 0.2) is 194 Å². The fraction of sp³-hybridized carbons (Fsp3) is 0. The maximum Gasteiger partial charge on any atom is 0.156 e. The second-order valence-corrected chi connectivity index (χ2v) is 13.0. The Bertz CT molecular complexity index is 2490. The molecule has 0 saturated heterocycles. The van der Waals surface area contributed by atoms with E-state index in [4.69, 9.17) is 9.47 Å². The lowest BCUT2D eigenvalue weighted by Crippen LogP contribution is -2.20. The van der Waals surface area contributed by atoms with Gasteiger partial charge in [-0.25, -0.2) is 0 Å². The zero-order valence-corrected chi connectivity index (χ0v) is 28.2. The molecule has 0 radical (unpaired) electrons. The van der Waals surface area contributed by atoms with Crippen molar-refractivity contribution in [1.82, 2.24) is 0 Å². The van der Waals surface area contributed by atoms with Crippen LogP contribution < -0.4 is 19.3 Å². The van der Waals surface area contributed by atoms with Crippen LogP contribution in [0.3, 0.4) is 0 Å². The van der Waals surface area contributed by atoms with Crippen molar-refractivity contribution >= 4 is 34.1 Å². The molecular formula is C48H32N2O2. The van der Waals surface area contributed by atoms with Crippen molar-refractivity contribution in [3.8, 4) is 56.4 Å². The monoisotopic (exact) mass is 668 g/mol. The molecule has 8 aromatic rings. The predicted molar refractivity (Wildman–Crippen MR) is 212 cm³/mol. The van der Waals surface area contributed by atoms with Gasteiger partial charge in [-0.15, -0.1) is 0 Å². The summed E-state index contributed by atoms with van der Waals surface area (Å²) in [6.07, 6.45) is 0. The lowest BCUT2D eigenvalue weighted by Gasteiger charge is -2.38. The Morgan fingerprint density at radius 2 is 0.731 bits per heavy atom. The molecule has 52 heavy (non-hydrogen) atoms. The van der Waals surface area contributed by atoms with E-state index in [-0.39, 0.29) is 0 Å². The van der Waals surface area contributed by atoms with Crippen LogP contribution in [-0.2, 0) is 0 Å². The van der Waals surface area contributed by atoms with E-state index >= 15 is 0 Å². The summed E-state index contributed by atoms with van der Waals surface area (Å²) in [5, 5.41) is 0. The molecule has 2 aliphatic heterocycles. The van der Waals surface area contributed by atoms with Crippen molar-refractivity contribution in [2.24, 2.45) is 0 Å². The van der Waals surface area contributed by atoms with Gasteiger partial charge in [0.25, 0.3) is 0 Å². The zero-order chi connectivity index (χ0) is 34.4. The van der Waals surface area contributed by atoms with Gasteiger partial charge in [0.1, 0.15) is 5.69 Å². The molecule has 0 unspecified atom stereocenters. The zero-order valence-electron chi connectivity index (χ0n) is 28.2. The van der Waals surface area contributed by atoms with E-state index in [1.807, 2.05) is 36.4 Å². The van der Waals surface area contributed by atoms with E-state index in [9.17, 15) is 0 Å². The highest BCUT2D eigenvalue weighted by Crippen LogP contribution is 2.60. The number of rotatable bonds is 6. The summed E-state index contributed by atoms with van der Waals surface area (Å²) in [4.78, 5) is 4.55. The first-order valence-electron chi connectivity index (χ1n) is 17.5. The Hall–Kier alpha value is -7.04. The van der Waals surface area contributed by atoms with Crippen molar-refractivity contribution in [3.05, 3.63) is 194 Å². The van der Waals surface area contributed by atoms with E-state index in [0.717, 1.165) is 79.4 Å². The Morgan fingerprint density at radius 3 is 1.31 bits per heavy atom. The molecule has 0 amide bonds. The molecule has 0 spiro atoms. The average Bonchev–Trinajstić information content (AvgIpc) is 3.22. The third-order valence-electron chi connectivity index (χ3n) is 9.82. The molecule has 0 aromatic heterocycles. The lowest BCUT2D eigenvalue weighted by atomic mass is 9.97. The molecule has 8 aromatic carbocycles. The van der Waals surface area contributed by atoms with Gasteiger partial charge in [0.05, 0.1) is 11.4 Å². The van der Waals surface area contributed by atoms with Crippen LogP contribution in [0, 0.1) is 0 Å². The van der Waals surface area contributed by atoms with E-state index in [1.165, 1.54) is 11.1 Å². The minimum absolute atomic E-state index is 0.772. The molecule has 2 heterocycles. The van der Waals surface area contributed by atoms with Gasteiger partial charge in [0.15, 0.2) is 23.0 Å². The molecule has 4 nitrogen and oxygen atoms in total. The van der Waals surface area contributed by atoms with E-state index in [1.54, 1.807) is 0 Å². The van der Waals surface area contributed by atoms with Gasteiger partial charge in [-0.1, -0.05) is 115 Å². The highest BCUT2D eigenvalue weighted by molar-refractivity contribution is 5.95. The van der Waals surface area contributed by atoms with Gasteiger partial charge in [0, 0.05) is 17.1 Å². The fourth-order valence-electron chi connectivity index (χ4n) is 7.33. The largest absolute Gasteiger partial charge is 0.453 e. The molecule has 0 aliphatic carbocycles. The number of benzene rings is 8. The second kappa shape index (κ2) is 12.4. The quantitative estimate of drug-likeness (QED) is 0.176. The summed E-state index contributed by atoms with van der Waals surface area (Å²) in [6.45, 7) is 0. The first-order chi connectivity index (χ1) is 25.8. The summed E-state index contributed by atoms with van der Waals surface area (Å²) in [5.74, 6) is 3.18. The topological polar surface area (TPSA) is 24.9 Å². The molecule has 246 valence electrons. The smallest absolute Gasteiger partial charge is 0.156 e. The lowest BCUT2D eigenvalue weighted by molar-refractivity contribution is 0.446. The standard InChI is InChI=1S/C48H32N2O2/c1-3-12-33(13-4-1)34-22-26-40(27-23-34)49(39-16-5-2-6-17-39)41-28-24-35(25-29-41)36-14-11-15-37(30-36)38-31-46-48-47(32-38)52-45-21-10-8-19-43(45)50(48)42-18-7-9-20-44(42)51-46/h1-32H. The second-order valence-electron chi connectivity index (χ2n) is 13.0. The SMILES string of the molecule is c1ccc(-c2ccc(N(c3ccccc3)c3ccc(-c4cccc(-c5cc6c7c(c5)Oc5ccccc5N7c5ccccc5O6)c4)cc3)cc2)cc1. The normalized spacial score (nSPS) is 12.1. The molecule has 10 rings (SSSR count). The third kappa shape index (κ3) is 5.17. The molecule has 0 atom stereocenters. The predicted octanol–water partition coefficient (Wildman–Crippen LogP) is 13.8. The maximum absolute atomic E-state index is 6.53. The third-order valence-corrected chi connectivity index (χ3v) is 9.82. The Balaban J connectivity index is 0.990. The minimum Gasteiger partial charge on any atom is -0.453 e. The van der Waals surface area contributed by atoms with Gasteiger partial charge in [0.2, 0.25) is 0 Å². The number of ether oxygens (including phenoxy) is 2. The Kier molecular flexibility index (Phi) is 7.10. The van der Waals surface area contributed by atoms with E-state index in [0.29, 0.717) is 0 Å². The van der Waals surface area contributed by atoms with Crippen molar-refractivity contribution < 1.29 is 9.47 Å². The van der Waals surface area contributed by atoms with Crippen LogP contribution >= 0.6 is 0 Å². The van der Waals surface area contributed by atoms with E-state index < -0.39 is 0 Å². The molecular weight excluding hydrogens is 637 g/mol. The maximum atomic E-state index is 6.53. The first-order valence-corrected chi connectivity index (χ1v) is 17.5. The van der Waals surface area contributed by atoms with Gasteiger partial charge < -0.3 is 14.4 Å². The number of para-hydroxylation sites is 5. The van der Waals surface area contributed by atoms with Crippen LogP contribution in [0.1, 0.15) is 0 Å². The van der Waals surface area contributed by atoms with Gasteiger partial charge in [-0.3, -0.25) is 4.90 Å². The number of hydrogen-bond acceptors (Lipinski definition) is 4. The Labute approximate surface area is 303 Å². The van der Waals surface area contributed by atoms with Crippen molar-refractivity contribution in [2.75, 3.05) is 9.80 Å². The number of hydrogen-bond donors (Lipinski definition) is 0. The molecule has 0 fully saturated rings. The molecule has 2 aliphatic rings. The molecule has 0 N–H and O–H groups in total. The average molecular weight is 669 g/mol. The van der Waals surface area contributed by atoms with Crippen LogP contribution in [0.5, 0.6) is 23.0 Å². The number of nitrogens with zero attached hydrogens (tertiary/aromatic N) is 2. The Morgan fingerprint density at radius 1 is 0.308 bits per heavy atom. The first kappa shape index (κ1) is 29.8. The summed E-state index contributed by atoms with van der Waals surface area (Å²) in [7, 11) is 0. The summed E-state index contributed by atoms with van der Waals surface area (Å²) < 4.78 is 13.1. The molecule has 0 bridgehead atoms. The number of anilines is 6. The fourth-order valence-corrected chi connectivity index (χ4v) is 7.33. The summed E-state index contributed by atoms with van der Waals surface area (Å²) in [6, 6.07) is 67.9. The summed E-state index contributed by atoms with van der Waals surface area (Å²) >= 11 is 0. The van der Waals surface area contributed by atoms with Crippen molar-refractivity contribution in [2.45, 2.75) is 0 Å². The van der Waals surface area contributed by atoms with Gasteiger partial charge in [-0.2, -0.15) is 0 Å². The van der Waals surface area contributed by atoms with Crippen LogP contribution in [0.2, 0.25) is 0 Å². The molecule has 4 heteroatoms. The van der Waals surface area contributed by atoms with Crippen molar-refractivity contribution in [1.29, 1.82) is 0 Å². The summed E-state index contributed by atoms with van der Waals surface area (Å²) in [5.41, 5.74) is 13.0. The van der Waals surface area contributed by atoms with Crippen molar-refractivity contribution in [3.63, 3.8) is 0 Å². The highest BCUT2D eigenvalue weighted by Gasteiger charge is 2.34. The highest BCUT2D eigenvalue weighted by atomic mass is 16.5. The van der Waals surface area contributed by atoms with Gasteiger partial charge >= 0.3 is 0 Å². The van der Waals surface area contributed by atoms with Crippen LogP contribution in [0.25, 0.3) is 33.4 Å². The minimum atomic E-state index is 0.772.